The maximum absolute atomic E-state index is 14.1. The monoisotopic (exact) mass is 410 g/mol. The molecule has 0 unspecified atom stereocenters. The second kappa shape index (κ2) is 7.56. The molecule has 3 heterocycles. The van der Waals surface area contributed by atoms with Crippen LogP contribution >= 0.6 is 11.3 Å². The molecule has 5 nitrogen and oxygen atoms in total. The number of halogens is 2. The van der Waals surface area contributed by atoms with Crippen LogP contribution < -0.4 is 5.32 Å². The summed E-state index contributed by atoms with van der Waals surface area (Å²) in [5.41, 5.74) is 2.32. The average Bonchev–Trinajstić information content (AvgIpc) is 3.31. The van der Waals surface area contributed by atoms with Gasteiger partial charge in [0.05, 0.1) is 21.1 Å². The van der Waals surface area contributed by atoms with Crippen molar-refractivity contribution in [2.24, 2.45) is 7.05 Å². The predicted molar refractivity (Wildman–Crippen MR) is 109 cm³/mol. The van der Waals surface area contributed by atoms with Gasteiger partial charge in [0.2, 0.25) is 0 Å². The number of benzene rings is 1. The van der Waals surface area contributed by atoms with Gasteiger partial charge in [0.15, 0.2) is 11.6 Å². The van der Waals surface area contributed by atoms with Crippen LogP contribution in [0, 0.1) is 18.6 Å². The highest BCUT2D eigenvalue weighted by Crippen LogP contribution is 2.32. The van der Waals surface area contributed by atoms with Crippen LogP contribution in [0.5, 0.6) is 0 Å². The van der Waals surface area contributed by atoms with Crippen LogP contribution in [0.15, 0.2) is 54.7 Å². The fourth-order valence-electron chi connectivity index (χ4n) is 2.89. The Morgan fingerprint density at radius 3 is 2.66 bits per heavy atom. The number of aryl methyl sites for hydroxylation is 2. The van der Waals surface area contributed by atoms with E-state index in [0.29, 0.717) is 21.7 Å². The van der Waals surface area contributed by atoms with E-state index >= 15 is 0 Å². The van der Waals surface area contributed by atoms with Crippen molar-refractivity contribution >= 4 is 23.1 Å². The molecule has 0 aliphatic rings. The molecule has 0 aliphatic carbocycles. The molecule has 29 heavy (non-hydrogen) atoms. The van der Waals surface area contributed by atoms with Crippen molar-refractivity contribution in [1.82, 2.24) is 14.8 Å². The fraction of sp³-hybridized carbons (Fsp3) is 0.0952. The summed E-state index contributed by atoms with van der Waals surface area (Å²) in [4.78, 5) is 17.6. The third-order valence-corrected chi connectivity index (χ3v) is 5.43. The molecule has 0 saturated heterocycles. The molecule has 146 valence electrons. The quantitative estimate of drug-likeness (QED) is 0.512. The van der Waals surface area contributed by atoms with Gasteiger partial charge in [-0.15, -0.1) is 11.3 Å². The summed E-state index contributed by atoms with van der Waals surface area (Å²) in [6.45, 7) is 1.72. The van der Waals surface area contributed by atoms with E-state index in [1.807, 2.05) is 0 Å². The lowest BCUT2D eigenvalue weighted by molar-refractivity contribution is 0.102. The lowest BCUT2D eigenvalue weighted by atomic mass is 10.1. The molecule has 1 amide bonds. The summed E-state index contributed by atoms with van der Waals surface area (Å²) >= 11 is 1.23. The Balaban J connectivity index is 1.59. The van der Waals surface area contributed by atoms with Gasteiger partial charge in [-0.2, -0.15) is 5.10 Å². The van der Waals surface area contributed by atoms with Gasteiger partial charge in [0.1, 0.15) is 5.82 Å². The first-order valence-corrected chi connectivity index (χ1v) is 9.56. The zero-order valence-electron chi connectivity index (χ0n) is 15.6. The molecular formula is C21H16F2N4OS. The Hall–Kier alpha value is -3.39. The van der Waals surface area contributed by atoms with E-state index in [0.717, 1.165) is 10.6 Å². The zero-order valence-corrected chi connectivity index (χ0v) is 16.4. The lowest BCUT2D eigenvalue weighted by Crippen LogP contribution is -2.12. The second-order valence-electron chi connectivity index (χ2n) is 6.48. The highest BCUT2D eigenvalue weighted by Gasteiger charge is 2.17. The highest BCUT2D eigenvalue weighted by atomic mass is 32.1. The maximum Gasteiger partial charge on any atom is 0.266 e. The summed E-state index contributed by atoms with van der Waals surface area (Å²) in [6.07, 6.45) is 1.48. The summed E-state index contributed by atoms with van der Waals surface area (Å²) < 4.78 is 29.6. The van der Waals surface area contributed by atoms with Crippen molar-refractivity contribution in [3.05, 3.63) is 76.8 Å². The number of pyridine rings is 1. The van der Waals surface area contributed by atoms with Crippen LogP contribution in [0.4, 0.5) is 14.6 Å². The Bertz CT molecular complexity index is 1220. The van der Waals surface area contributed by atoms with Crippen LogP contribution in [-0.4, -0.2) is 20.7 Å². The van der Waals surface area contributed by atoms with E-state index in [2.05, 4.69) is 15.4 Å². The van der Waals surface area contributed by atoms with Crippen LogP contribution in [-0.2, 0) is 7.05 Å². The van der Waals surface area contributed by atoms with Crippen molar-refractivity contribution in [3.63, 3.8) is 0 Å². The molecule has 3 aromatic heterocycles. The molecular weight excluding hydrogens is 394 g/mol. The standard InChI is InChI=1S/C21H16F2N4OS/c1-12-9-15(23)20(24-11-12)25-21(28)19-8-7-18(29-19)17-10-16(26-27(17)2)13-5-3-4-6-14(13)22/h3-11H,1-2H3,(H,24,25,28). The Morgan fingerprint density at radius 2 is 1.90 bits per heavy atom. The molecule has 8 heteroatoms. The molecule has 0 aliphatic heterocycles. The zero-order chi connectivity index (χ0) is 20.5. The molecule has 4 rings (SSSR count). The van der Waals surface area contributed by atoms with Crippen molar-refractivity contribution in [3.8, 4) is 21.8 Å². The van der Waals surface area contributed by atoms with E-state index in [4.69, 9.17) is 0 Å². The number of nitrogens with zero attached hydrogens (tertiary/aromatic N) is 3. The van der Waals surface area contributed by atoms with Crippen LogP contribution in [0.3, 0.4) is 0 Å². The molecule has 4 aromatic rings. The fourth-order valence-corrected chi connectivity index (χ4v) is 3.84. The molecule has 0 saturated carbocycles. The van der Waals surface area contributed by atoms with E-state index in [9.17, 15) is 13.6 Å². The maximum atomic E-state index is 14.1. The third-order valence-electron chi connectivity index (χ3n) is 4.32. The van der Waals surface area contributed by atoms with Gasteiger partial charge in [-0.3, -0.25) is 9.48 Å². The number of carbonyl (C=O) groups is 1. The Labute approximate surface area is 169 Å². The molecule has 0 radical (unpaired) electrons. The van der Waals surface area contributed by atoms with Crippen molar-refractivity contribution < 1.29 is 13.6 Å². The number of carbonyl (C=O) groups excluding carboxylic acids is 1. The summed E-state index contributed by atoms with van der Waals surface area (Å²) in [6, 6.07) is 12.9. The molecule has 1 N–H and O–H groups in total. The predicted octanol–water partition coefficient (Wildman–Crippen LogP) is 5.05. The van der Waals surface area contributed by atoms with Crippen LogP contribution in [0.2, 0.25) is 0 Å². The Kier molecular flexibility index (Phi) is 4.94. The molecule has 0 fully saturated rings. The van der Waals surface area contributed by atoms with Gasteiger partial charge in [0, 0.05) is 18.8 Å². The first-order valence-electron chi connectivity index (χ1n) is 8.75. The normalized spacial score (nSPS) is 10.9. The van der Waals surface area contributed by atoms with Gasteiger partial charge >= 0.3 is 0 Å². The minimum absolute atomic E-state index is 0.113. The smallest absolute Gasteiger partial charge is 0.266 e. The van der Waals surface area contributed by atoms with E-state index in [1.165, 1.54) is 29.7 Å². The number of rotatable bonds is 4. The van der Waals surface area contributed by atoms with E-state index in [1.54, 1.807) is 55.1 Å². The van der Waals surface area contributed by atoms with Crippen molar-refractivity contribution in [2.75, 3.05) is 5.32 Å². The highest BCUT2D eigenvalue weighted by molar-refractivity contribution is 7.17. The number of nitrogens with one attached hydrogen (secondary N) is 1. The largest absolute Gasteiger partial charge is 0.303 e. The van der Waals surface area contributed by atoms with Gasteiger partial charge in [-0.05, 0) is 48.9 Å². The SMILES string of the molecule is Cc1cnc(NC(=O)c2ccc(-c3cc(-c4ccccc4F)nn3C)s2)c(F)c1. The molecule has 0 bridgehead atoms. The summed E-state index contributed by atoms with van der Waals surface area (Å²) in [7, 11) is 1.75. The first-order chi connectivity index (χ1) is 13.9. The van der Waals surface area contributed by atoms with Gasteiger partial charge < -0.3 is 5.32 Å². The van der Waals surface area contributed by atoms with E-state index in [-0.39, 0.29) is 11.6 Å². The second-order valence-corrected chi connectivity index (χ2v) is 7.56. The van der Waals surface area contributed by atoms with Gasteiger partial charge in [-0.1, -0.05) is 12.1 Å². The number of amides is 1. The molecule has 1 aromatic carbocycles. The lowest BCUT2D eigenvalue weighted by Gasteiger charge is -2.04. The topological polar surface area (TPSA) is 59.8 Å². The van der Waals surface area contributed by atoms with Crippen molar-refractivity contribution in [1.29, 1.82) is 0 Å². The number of anilines is 1. The third kappa shape index (κ3) is 3.79. The first kappa shape index (κ1) is 18.9. The van der Waals surface area contributed by atoms with Gasteiger partial charge in [-0.25, -0.2) is 13.8 Å². The minimum atomic E-state index is -0.587. The number of hydrogen-bond donors (Lipinski definition) is 1. The Morgan fingerprint density at radius 1 is 1.10 bits per heavy atom. The minimum Gasteiger partial charge on any atom is -0.303 e. The number of aromatic nitrogens is 3. The van der Waals surface area contributed by atoms with Crippen molar-refractivity contribution in [2.45, 2.75) is 6.92 Å². The van der Waals surface area contributed by atoms with E-state index < -0.39 is 11.7 Å². The average molecular weight is 410 g/mol. The van der Waals surface area contributed by atoms with Crippen LogP contribution in [0.25, 0.3) is 21.8 Å². The van der Waals surface area contributed by atoms with Gasteiger partial charge in [0.25, 0.3) is 5.91 Å². The summed E-state index contributed by atoms with van der Waals surface area (Å²) in [5.74, 6) is -1.50. The number of hydrogen-bond acceptors (Lipinski definition) is 4. The van der Waals surface area contributed by atoms with Crippen LogP contribution in [0.1, 0.15) is 15.2 Å². The molecule has 0 atom stereocenters. The molecule has 0 spiro atoms. The number of thiophene rings is 1. The summed E-state index contributed by atoms with van der Waals surface area (Å²) in [5, 5.41) is 6.87.